The van der Waals surface area contributed by atoms with Crippen LogP contribution in [0.5, 0.6) is 0 Å². The van der Waals surface area contributed by atoms with Gasteiger partial charge in [0.25, 0.3) is 0 Å². The quantitative estimate of drug-likeness (QED) is 0.819. The lowest BCUT2D eigenvalue weighted by Crippen LogP contribution is -2.49. The minimum atomic E-state index is -0.184. The van der Waals surface area contributed by atoms with Crippen LogP contribution >= 0.6 is 24.8 Å². The summed E-state index contributed by atoms with van der Waals surface area (Å²) >= 11 is 0. The van der Waals surface area contributed by atoms with Gasteiger partial charge in [-0.3, -0.25) is 9.69 Å². The highest BCUT2D eigenvalue weighted by atomic mass is 35.5. The number of carbonyl (C=O) groups is 1. The number of likely N-dealkylation sites (tertiary alicyclic amines) is 1. The Morgan fingerprint density at radius 3 is 2.78 bits per heavy atom. The second-order valence-corrected chi connectivity index (χ2v) is 7.83. The van der Waals surface area contributed by atoms with Crippen LogP contribution in [0.25, 0.3) is 0 Å². The maximum absolute atomic E-state index is 13.4. The lowest BCUT2D eigenvalue weighted by molar-refractivity contribution is -0.140. The van der Waals surface area contributed by atoms with Crippen molar-refractivity contribution in [2.75, 3.05) is 26.2 Å². The molecule has 3 aliphatic heterocycles. The SMILES string of the molecule is Cl.Cl.O=C(C1CCCN(Cc2cccc(F)c2)C1)N1C2CCNCC1CC2. The third-order valence-corrected chi connectivity index (χ3v) is 6.06. The van der Waals surface area contributed by atoms with Crippen LogP contribution in [0.2, 0.25) is 0 Å². The Bertz CT molecular complexity index is 619. The van der Waals surface area contributed by atoms with Crippen molar-refractivity contribution in [2.45, 2.75) is 50.7 Å². The number of hydrogen-bond donors (Lipinski definition) is 1. The van der Waals surface area contributed by atoms with Crippen LogP contribution in [0.1, 0.15) is 37.7 Å². The van der Waals surface area contributed by atoms with E-state index in [1.807, 2.05) is 6.07 Å². The van der Waals surface area contributed by atoms with Crippen molar-refractivity contribution in [3.63, 3.8) is 0 Å². The number of nitrogens with one attached hydrogen (secondary N) is 1. The largest absolute Gasteiger partial charge is 0.335 e. The van der Waals surface area contributed by atoms with Crippen molar-refractivity contribution in [1.82, 2.24) is 15.1 Å². The summed E-state index contributed by atoms with van der Waals surface area (Å²) in [5, 5.41) is 3.47. The number of hydrogen-bond acceptors (Lipinski definition) is 3. The molecule has 0 spiro atoms. The number of rotatable bonds is 3. The van der Waals surface area contributed by atoms with Gasteiger partial charge in [0.1, 0.15) is 5.82 Å². The molecule has 3 saturated heterocycles. The molecule has 3 atom stereocenters. The highest BCUT2D eigenvalue weighted by Crippen LogP contribution is 2.31. The Morgan fingerprint density at radius 1 is 1.15 bits per heavy atom. The molecule has 27 heavy (non-hydrogen) atoms. The first-order chi connectivity index (χ1) is 12.2. The van der Waals surface area contributed by atoms with E-state index in [0.717, 1.165) is 70.4 Å². The van der Waals surface area contributed by atoms with Crippen molar-refractivity contribution >= 4 is 30.7 Å². The molecule has 152 valence electrons. The molecule has 2 bridgehead atoms. The van der Waals surface area contributed by atoms with Gasteiger partial charge in [-0.1, -0.05) is 12.1 Å². The molecule has 1 aromatic rings. The first-order valence-electron chi connectivity index (χ1n) is 9.70. The topological polar surface area (TPSA) is 35.6 Å². The molecule has 0 radical (unpaired) electrons. The molecular weight excluding hydrogens is 388 g/mol. The number of benzene rings is 1. The molecule has 0 aliphatic carbocycles. The summed E-state index contributed by atoms with van der Waals surface area (Å²) in [4.78, 5) is 17.8. The number of halogens is 3. The van der Waals surface area contributed by atoms with E-state index in [0.29, 0.717) is 18.0 Å². The summed E-state index contributed by atoms with van der Waals surface area (Å²) in [6, 6.07) is 7.64. The van der Waals surface area contributed by atoms with Crippen molar-refractivity contribution in [2.24, 2.45) is 5.92 Å². The first-order valence-corrected chi connectivity index (χ1v) is 9.70. The predicted octanol–water partition coefficient (Wildman–Crippen LogP) is 3.23. The normalized spacial score (nSPS) is 28.0. The fourth-order valence-electron chi connectivity index (χ4n) is 4.85. The van der Waals surface area contributed by atoms with Crippen molar-refractivity contribution < 1.29 is 9.18 Å². The zero-order valence-electron chi connectivity index (χ0n) is 15.6. The zero-order chi connectivity index (χ0) is 17.2. The second kappa shape index (κ2) is 10.1. The summed E-state index contributed by atoms with van der Waals surface area (Å²) in [7, 11) is 0. The van der Waals surface area contributed by atoms with Gasteiger partial charge in [0.15, 0.2) is 0 Å². The first kappa shape index (κ1) is 22.4. The average Bonchev–Trinajstić information content (AvgIpc) is 2.87. The monoisotopic (exact) mass is 417 g/mol. The Hall–Kier alpha value is -0.880. The van der Waals surface area contributed by atoms with Crippen LogP contribution in [-0.4, -0.2) is 54.0 Å². The van der Waals surface area contributed by atoms with E-state index in [2.05, 4.69) is 15.1 Å². The molecule has 4 nitrogen and oxygen atoms in total. The predicted molar refractivity (Wildman–Crippen MR) is 110 cm³/mol. The second-order valence-electron chi connectivity index (χ2n) is 7.83. The van der Waals surface area contributed by atoms with Gasteiger partial charge in [-0.25, -0.2) is 4.39 Å². The Labute approximate surface area is 173 Å². The maximum atomic E-state index is 13.4. The van der Waals surface area contributed by atoms with E-state index in [4.69, 9.17) is 0 Å². The zero-order valence-corrected chi connectivity index (χ0v) is 17.2. The standard InChI is InChI=1S/C20H28FN3O.2ClH/c21-17-5-1-3-15(11-17)13-23-10-2-4-16(14-23)20(25)24-18-6-7-19(24)12-22-9-8-18;;/h1,3,5,11,16,18-19,22H,2,4,6-10,12-14H2;2*1H. The molecular formula is C20H30Cl2FN3O. The van der Waals surface area contributed by atoms with Crippen LogP contribution in [0, 0.1) is 11.7 Å². The molecule has 3 heterocycles. The van der Waals surface area contributed by atoms with E-state index in [9.17, 15) is 9.18 Å². The molecule has 7 heteroatoms. The number of fused-ring (bicyclic) bond motifs is 2. The van der Waals surface area contributed by atoms with Gasteiger partial charge >= 0.3 is 0 Å². The molecule has 4 rings (SSSR count). The molecule has 3 fully saturated rings. The van der Waals surface area contributed by atoms with Crippen LogP contribution < -0.4 is 5.32 Å². The van der Waals surface area contributed by atoms with Gasteiger partial charge in [-0.15, -0.1) is 24.8 Å². The van der Waals surface area contributed by atoms with Crippen molar-refractivity contribution in [3.05, 3.63) is 35.6 Å². The number of nitrogens with zero attached hydrogens (tertiary/aromatic N) is 2. The van der Waals surface area contributed by atoms with Crippen molar-refractivity contribution in [3.8, 4) is 0 Å². The van der Waals surface area contributed by atoms with E-state index >= 15 is 0 Å². The summed E-state index contributed by atoms with van der Waals surface area (Å²) in [6.45, 7) is 4.51. The van der Waals surface area contributed by atoms with Gasteiger partial charge in [0.2, 0.25) is 5.91 Å². The van der Waals surface area contributed by atoms with Crippen LogP contribution in [-0.2, 0) is 11.3 Å². The van der Waals surface area contributed by atoms with Gasteiger partial charge in [-0.05, 0) is 62.9 Å². The Kier molecular flexibility index (Phi) is 8.35. The van der Waals surface area contributed by atoms with Gasteiger partial charge in [0, 0.05) is 31.7 Å². The Morgan fingerprint density at radius 2 is 1.96 bits per heavy atom. The average molecular weight is 418 g/mol. The summed E-state index contributed by atoms with van der Waals surface area (Å²) in [5.41, 5.74) is 0.993. The van der Waals surface area contributed by atoms with E-state index in [1.165, 1.54) is 6.07 Å². The van der Waals surface area contributed by atoms with Crippen LogP contribution in [0.15, 0.2) is 24.3 Å². The molecule has 0 aromatic heterocycles. The lowest BCUT2D eigenvalue weighted by atomic mass is 9.95. The molecule has 3 aliphatic rings. The minimum Gasteiger partial charge on any atom is -0.335 e. The molecule has 0 saturated carbocycles. The number of amides is 1. The number of piperidine rings is 1. The van der Waals surface area contributed by atoms with Crippen LogP contribution in [0.4, 0.5) is 4.39 Å². The third kappa shape index (κ3) is 5.14. The van der Waals surface area contributed by atoms with E-state index < -0.39 is 0 Å². The fourth-order valence-corrected chi connectivity index (χ4v) is 4.85. The highest BCUT2D eigenvalue weighted by Gasteiger charge is 2.41. The van der Waals surface area contributed by atoms with Crippen molar-refractivity contribution in [1.29, 1.82) is 0 Å². The summed E-state index contributed by atoms with van der Waals surface area (Å²) in [5.74, 6) is 0.277. The molecule has 1 N–H and O–H groups in total. The Balaban J connectivity index is 0.00000131. The smallest absolute Gasteiger partial charge is 0.227 e. The fraction of sp³-hybridized carbons (Fsp3) is 0.650. The van der Waals surface area contributed by atoms with Crippen LogP contribution in [0.3, 0.4) is 0 Å². The maximum Gasteiger partial charge on any atom is 0.227 e. The van der Waals surface area contributed by atoms with E-state index in [1.54, 1.807) is 12.1 Å². The minimum absolute atomic E-state index is 0. The van der Waals surface area contributed by atoms with Gasteiger partial charge in [0.05, 0.1) is 5.92 Å². The molecule has 1 amide bonds. The molecule has 1 aromatic carbocycles. The van der Waals surface area contributed by atoms with Gasteiger partial charge in [-0.2, -0.15) is 0 Å². The summed E-state index contributed by atoms with van der Waals surface area (Å²) in [6.07, 6.45) is 5.43. The third-order valence-electron chi connectivity index (χ3n) is 6.06. The molecule has 3 unspecified atom stereocenters. The highest BCUT2D eigenvalue weighted by molar-refractivity contribution is 5.85. The summed E-state index contributed by atoms with van der Waals surface area (Å²) < 4.78 is 13.4. The van der Waals surface area contributed by atoms with Gasteiger partial charge < -0.3 is 10.2 Å². The number of carbonyl (C=O) groups excluding carboxylic acids is 1. The lowest BCUT2D eigenvalue weighted by Gasteiger charge is -2.37. The van der Waals surface area contributed by atoms with E-state index in [-0.39, 0.29) is 36.5 Å².